The Bertz CT molecular complexity index is 573. The highest BCUT2D eigenvalue weighted by Crippen LogP contribution is 2.24. The molecule has 0 saturated heterocycles. The van der Waals surface area contributed by atoms with E-state index in [4.69, 9.17) is 0 Å². The normalized spacial score (nSPS) is 14.8. The molecular weight excluding hydrogens is 302 g/mol. The summed E-state index contributed by atoms with van der Waals surface area (Å²) < 4.78 is 3.30. The topological polar surface area (TPSA) is 29.9 Å². The zero-order valence-corrected chi connectivity index (χ0v) is 12.7. The van der Waals surface area contributed by atoms with Gasteiger partial charge in [0, 0.05) is 41.6 Å². The molecule has 0 unspecified atom stereocenters. The van der Waals surface area contributed by atoms with Gasteiger partial charge in [-0.15, -0.1) is 0 Å². The molecule has 1 aliphatic carbocycles. The molecular formula is C15H18BrN3. The van der Waals surface area contributed by atoms with E-state index in [1.165, 1.54) is 18.4 Å². The second kappa shape index (κ2) is 5.47. The molecule has 3 rings (SSSR count). The van der Waals surface area contributed by atoms with Gasteiger partial charge in [-0.3, -0.25) is 0 Å². The molecule has 1 aromatic heterocycles. The van der Waals surface area contributed by atoms with Crippen molar-refractivity contribution in [3.63, 3.8) is 0 Å². The Morgan fingerprint density at radius 1 is 1.42 bits per heavy atom. The van der Waals surface area contributed by atoms with E-state index in [0.29, 0.717) is 0 Å². The molecule has 0 aliphatic heterocycles. The van der Waals surface area contributed by atoms with Crippen LogP contribution in [0.3, 0.4) is 0 Å². The molecule has 4 heteroatoms. The van der Waals surface area contributed by atoms with Gasteiger partial charge in [0.05, 0.1) is 0 Å². The van der Waals surface area contributed by atoms with Crippen molar-refractivity contribution in [1.82, 2.24) is 14.9 Å². The van der Waals surface area contributed by atoms with E-state index in [-0.39, 0.29) is 0 Å². The molecule has 1 aliphatic rings. The number of halogens is 1. The molecule has 2 aromatic rings. The van der Waals surface area contributed by atoms with Crippen molar-refractivity contribution in [2.75, 3.05) is 0 Å². The fraction of sp³-hybridized carbons (Fsp3) is 0.400. The molecule has 1 saturated carbocycles. The molecule has 1 fully saturated rings. The molecule has 0 amide bonds. The summed E-state index contributed by atoms with van der Waals surface area (Å²) in [5, 5.41) is 3.54. The summed E-state index contributed by atoms with van der Waals surface area (Å²) in [6, 6.07) is 7.26. The highest BCUT2D eigenvalue weighted by molar-refractivity contribution is 9.10. The Morgan fingerprint density at radius 3 is 2.95 bits per heavy atom. The minimum atomic E-state index is 0.743. The average molecular weight is 320 g/mol. The number of hydrogen-bond acceptors (Lipinski definition) is 2. The second-order valence-corrected chi connectivity index (χ2v) is 5.85. The summed E-state index contributed by atoms with van der Waals surface area (Å²) >= 11 is 3.68. The minimum absolute atomic E-state index is 0.743. The van der Waals surface area contributed by atoms with Gasteiger partial charge in [-0.1, -0.05) is 28.9 Å². The minimum Gasteiger partial charge on any atom is -0.310 e. The fourth-order valence-electron chi connectivity index (χ4n) is 2.20. The van der Waals surface area contributed by atoms with Gasteiger partial charge in [-0.25, -0.2) is 4.98 Å². The van der Waals surface area contributed by atoms with E-state index in [0.717, 1.165) is 35.0 Å². The highest BCUT2D eigenvalue weighted by atomic mass is 79.9. The Balaban J connectivity index is 1.81. The summed E-state index contributed by atoms with van der Waals surface area (Å²) in [4.78, 5) is 4.37. The van der Waals surface area contributed by atoms with Gasteiger partial charge in [-0.05, 0) is 30.5 Å². The molecule has 19 heavy (non-hydrogen) atoms. The number of imidazole rings is 1. The molecule has 0 radical (unpaired) electrons. The van der Waals surface area contributed by atoms with Gasteiger partial charge in [0.2, 0.25) is 0 Å². The molecule has 0 spiro atoms. The van der Waals surface area contributed by atoms with Gasteiger partial charge in [0.25, 0.3) is 0 Å². The lowest BCUT2D eigenvalue weighted by Gasteiger charge is -2.10. The van der Waals surface area contributed by atoms with Crippen molar-refractivity contribution >= 4 is 15.9 Å². The third-order valence-corrected chi connectivity index (χ3v) is 4.25. The van der Waals surface area contributed by atoms with Crippen LogP contribution in [-0.2, 0) is 13.0 Å². The first-order valence-electron chi connectivity index (χ1n) is 6.82. The van der Waals surface area contributed by atoms with Crippen LogP contribution in [0.25, 0.3) is 5.69 Å². The first-order valence-corrected chi connectivity index (χ1v) is 7.61. The van der Waals surface area contributed by atoms with Crippen LogP contribution >= 0.6 is 15.9 Å². The van der Waals surface area contributed by atoms with Gasteiger partial charge in [0.1, 0.15) is 5.82 Å². The maximum Gasteiger partial charge on any atom is 0.112 e. The molecule has 0 atom stereocenters. The quantitative estimate of drug-likeness (QED) is 0.914. The number of aromatic nitrogens is 2. The molecule has 1 aromatic carbocycles. The first kappa shape index (κ1) is 12.9. The zero-order valence-electron chi connectivity index (χ0n) is 11.1. The number of nitrogens with zero attached hydrogens (tertiary/aromatic N) is 2. The van der Waals surface area contributed by atoms with E-state index in [1.807, 2.05) is 12.4 Å². The molecule has 3 nitrogen and oxygen atoms in total. The Hall–Kier alpha value is -1.13. The van der Waals surface area contributed by atoms with Crippen LogP contribution in [0, 0.1) is 0 Å². The summed E-state index contributed by atoms with van der Waals surface area (Å²) in [5.74, 6) is 1.09. The Kier molecular flexibility index (Phi) is 3.71. The summed E-state index contributed by atoms with van der Waals surface area (Å²) in [6.07, 6.45) is 7.46. The lowest BCUT2D eigenvalue weighted by Crippen LogP contribution is -2.15. The fourth-order valence-corrected chi connectivity index (χ4v) is 2.71. The van der Waals surface area contributed by atoms with E-state index in [9.17, 15) is 0 Å². The SMILES string of the molecule is CCc1nccn1-c1ccc(CNC2CC2)c(Br)c1. The summed E-state index contributed by atoms with van der Waals surface area (Å²) in [6.45, 7) is 3.07. The molecule has 1 N–H and O–H groups in total. The Morgan fingerprint density at radius 2 is 2.26 bits per heavy atom. The van der Waals surface area contributed by atoms with Crippen LogP contribution in [-0.4, -0.2) is 15.6 Å². The van der Waals surface area contributed by atoms with Crippen LogP contribution in [0.4, 0.5) is 0 Å². The Labute approximate surface area is 122 Å². The number of hydrogen-bond donors (Lipinski definition) is 1. The second-order valence-electron chi connectivity index (χ2n) is 5.00. The van der Waals surface area contributed by atoms with Crippen molar-refractivity contribution in [3.05, 3.63) is 46.5 Å². The maximum absolute atomic E-state index is 4.37. The number of aryl methyl sites for hydroxylation is 1. The number of benzene rings is 1. The predicted octanol–water partition coefficient (Wildman–Crippen LogP) is 3.45. The monoisotopic (exact) mass is 319 g/mol. The lowest BCUT2D eigenvalue weighted by atomic mass is 10.2. The van der Waals surface area contributed by atoms with Gasteiger partial charge in [-0.2, -0.15) is 0 Å². The summed E-state index contributed by atoms with van der Waals surface area (Å²) in [7, 11) is 0. The maximum atomic E-state index is 4.37. The third kappa shape index (κ3) is 2.90. The van der Waals surface area contributed by atoms with Gasteiger partial charge < -0.3 is 9.88 Å². The van der Waals surface area contributed by atoms with Crippen molar-refractivity contribution in [1.29, 1.82) is 0 Å². The molecule has 0 bridgehead atoms. The number of nitrogens with one attached hydrogen (secondary N) is 1. The van der Waals surface area contributed by atoms with Crippen LogP contribution in [0.1, 0.15) is 31.2 Å². The lowest BCUT2D eigenvalue weighted by molar-refractivity contribution is 0.686. The molecule has 1 heterocycles. The smallest absolute Gasteiger partial charge is 0.112 e. The van der Waals surface area contributed by atoms with E-state index in [2.05, 4.69) is 55.9 Å². The van der Waals surface area contributed by atoms with Crippen molar-refractivity contribution < 1.29 is 0 Å². The largest absolute Gasteiger partial charge is 0.310 e. The molecule has 100 valence electrons. The summed E-state index contributed by atoms with van der Waals surface area (Å²) in [5.41, 5.74) is 2.48. The van der Waals surface area contributed by atoms with Gasteiger partial charge >= 0.3 is 0 Å². The van der Waals surface area contributed by atoms with E-state index < -0.39 is 0 Å². The first-order chi connectivity index (χ1) is 9.28. The highest BCUT2D eigenvalue weighted by Gasteiger charge is 2.20. The van der Waals surface area contributed by atoms with Crippen molar-refractivity contribution in [2.45, 2.75) is 38.8 Å². The third-order valence-electron chi connectivity index (χ3n) is 3.51. The van der Waals surface area contributed by atoms with Crippen LogP contribution in [0.5, 0.6) is 0 Å². The average Bonchev–Trinajstić information content (AvgIpc) is 3.12. The van der Waals surface area contributed by atoms with E-state index in [1.54, 1.807) is 0 Å². The van der Waals surface area contributed by atoms with Crippen LogP contribution < -0.4 is 5.32 Å². The van der Waals surface area contributed by atoms with Crippen molar-refractivity contribution in [3.8, 4) is 5.69 Å². The van der Waals surface area contributed by atoms with Crippen LogP contribution in [0.2, 0.25) is 0 Å². The number of rotatable bonds is 5. The van der Waals surface area contributed by atoms with Crippen molar-refractivity contribution in [2.24, 2.45) is 0 Å². The predicted molar refractivity (Wildman–Crippen MR) is 80.5 cm³/mol. The standard InChI is InChI=1S/C15H18BrN3/c1-2-15-17-7-8-19(15)13-6-3-11(14(16)9-13)10-18-12-4-5-12/h3,6-9,12,18H,2,4-5,10H2,1H3. The van der Waals surface area contributed by atoms with E-state index >= 15 is 0 Å². The zero-order chi connectivity index (χ0) is 13.2. The van der Waals surface area contributed by atoms with Gasteiger partial charge in [0.15, 0.2) is 0 Å². The van der Waals surface area contributed by atoms with Crippen LogP contribution in [0.15, 0.2) is 35.1 Å².